The van der Waals surface area contributed by atoms with E-state index in [2.05, 4.69) is 15.9 Å². The molecule has 0 radical (unpaired) electrons. The van der Waals surface area contributed by atoms with E-state index < -0.39 is 11.9 Å². The fraction of sp³-hybridized carbons (Fsp3) is 0.625. The third-order valence-electron chi connectivity index (χ3n) is 2.14. The smallest absolute Gasteiger partial charge is 0.306 e. The zero-order valence-electron chi connectivity index (χ0n) is 6.75. The topological polar surface area (TPSA) is 57.5 Å². The van der Waals surface area contributed by atoms with Gasteiger partial charge >= 0.3 is 5.97 Å². The monoisotopic (exact) mass is 234 g/mol. The molecule has 0 amide bonds. The van der Waals surface area contributed by atoms with Gasteiger partial charge in [0.2, 0.25) is 0 Å². The highest BCUT2D eigenvalue weighted by Crippen LogP contribution is 2.35. The van der Waals surface area contributed by atoms with Gasteiger partial charge in [-0.15, -0.1) is 0 Å². The molecule has 0 aromatic carbocycles. The van der Waals surface area contributed by atoms with Crippen LogP contribution in [0.5, 0.6) is 0 Å². The van der Waals surface area contributed by atoms with Crippen LogP contribution in [0.1, 0.15) is 19.8 Å². The van der Waals surface area contributed by atoms with Crippen LogP contribution in [0.4, 0.5) is 0 Å². The van der Waals surface area contributed by atoms with E-state index in [1.54, 1.807) is 0 Å². The summed E-state index contributed by atoms with van der Waals surface area (Å²) in [4.78, 5) is 10.6. The largest absolute Gasteiger partial charge is 0.511 e. The van der Waals surface area contributed by atoms with Gasteiger partial charge in [-0.05, 0) is 12.3 Å². The van der Waals surface area contributed by atoms with E-state index in [0.717, 1.165) is 4.48 Å². The number of carboxylic acids is 1. The molecule has 1 aliphatic carbocycles. The summed E-state index contributed by atoms with van der Waals surface area (Å²) in [6.45, 7) is 1.90. The summed E-state index contributed by atoms with van der Waals surface area (Å²) >= 11 is 3.23. The van der Waals surface area contributed by atoms with Gasteiger partial charge in [0.15, 0.2) is 0 Å². The standard InChI is InChI=1S/C8H11BrO3/c1-4-2-5(8(11)12)3-6(10)7(4)9/h4-5,10H,2-3H2,1H3,(H,11,12)/t4-,5+/m0/s1. The van der Waals surface area contributed by atoms with Gasteiger partial charge in [0.25, 0.3) is 0 Å². The Morgan fingerprint density at radius 3 is 2.67 bits per heavy atom. The molecule has 68 valence electrons. The Morgan fingerprint density at radius 1 is 1.67 bits per heavy atom. The van der Waals surface area contributed by atoms with Crippen LogP contribution in [0.3, 0.4) is 0 Å². The Hall–Kier alpha value is -0.510. The van der Waals surface area contributed by atoms with Crippen molar-refractivity contribution in [3.63, 3.8) is 0 Å². The number of rotatable bonds is 1. The summed E-state index contributed by atoms with van der Waals surface area (Å²) in [5.74, 6) is -0.962. The highest BCUT2D eigenvalue weighted by molar-refractivity contribution is 9.11. The number of halogens is 1. The summed E-state index contributed by atoms with van der Waals surface area (Å²) in [7, 11) is 0. The molecule has 0 aromatic heterocycles. The number of aliphatic hydroxyl groups excluding tert-OH is 1. The first kappa shape index (κ1) is 9.58. The number of hydrogen-bond donors (Lipinski definition) is 2. The zero-order valence-corrected chi connectivity index (χ0v) is 8.34. The van der Waals surface area contributed by atoms with Crippen LogP contribution in [-0.4, -0.2) is 16.2 Å². The van der Waals surface area contributed by atoms with Gasteiger partial charge in [-0.25, -0.2) is 0 Å². The first-order valence-electron chi connectivity index (χ1n) is 3.82. The van der Waals surface area contributed by atoms with E-state index in [1.165, 1.54) is 0 Å². The lowest BCUT2D eigenvalue weighted by Gasteiger charge is -2.23. The lowest BCUT2D eigenvalue weighted by atomic mass is 9.87. The van der Waals surface area contributed by atoms with Crippen LogP contribution in [0.15, 0.2) is 10.2 Å². The van der Waals surface area contributed by atoms with Crippen molar-refractivity contribution in [2.24, 2.45) is 11.8 Å². The third-order valence-corrected chi connectivity index (χ3v) is 3.37. The predicted molar refractivity (Wildman–Crippen MR) is 48.1 cm³/mol. The normalized spacial score (nSPS) is 30.5. The highest BCUT2D eigenvalue weighted by atomic mass is 79.9. The van der Waals surface area contributed by atoms with Gasteiger partial charge in [-0.1, -0.05) is 22.9 Å². The van der Waals surface area contributed by atoms with E-state index in [4.69, 9.17) is 5.11 Å². The van der Waals surface area contributed by atoms with E-state index in [-0.39, 0.29) is 18.1 Å². The summed E-state index contributed by atoms with van der Waals surface area (Å²) in [5.41, 5.74) is 0. The molecule has 0 spiro atoms. The lowest BCUT2D eigenvalue weighted by molar-refractivity contribution is -0.142. The van der Waals surface area contributed by atoms with Gasteiger partial charge in [0.1, 0.15) is 5.76 Å². The maximum atomic E-state index is 10.6. The maximum Gasteiger partial charge on any atom is 0.306 e. The van der Waals surface area contributed by atoms with Crippen molar-refractivity contribution in [2.45, 2.75) is 19.8 Å². The highest BCUT2D eigenvalue weighted by Gasteiger charge is 2.29. The van der Waals surface area contributed by atoms with Crippen LogP contribution in [0.2, 0.25) is 0 Å². The van der Waals surface area contributed by atoms with E-state index in [0.29, 0.717) is 6.42 Å². The molecular formula is C8H11BrO3. The fourth-order valence-corrected chi connectivity index (χ4v) is 1.77. The van der Waals surface area contributed by atoms with Crippen LogP contribution in [0.25, 0.3) is 0 Å². The van der Waals surface area contributed by atoms with Crippen molar-refractivity contribution in [1.29, 1.82) is 0 Å². The van der Waals surface area contributed by atoms with Crippen LogP contribution < -0.4 is 0 Å². The average Bonchev–Trinajstić information content (AvgIpc) is 1.99. The molecule has 0 saturated carbocycles. The first-order valence-corrected chi connectivity index (χ1v) is 4.62. The molecule has 2 atom stereocenters. The SMILES string of the molecule is C[C@H]1C[C@@H](C(=O)O)CC(O)=C1Br. The Morgan fingerprint density at radius 2 is 2.25 bits per heavy atom. The lowest BCUT2D eigenvalue weighted by Crippen LogP contribution is -2.22. The van der Waals surface area contributed by atoms with Gasteiger partial charge < -0.3 is 10.2 Å². The quantitative estimate of drug-likeness (QED) is 0.732. The number of aliphatic carboxylic acids is 1. The zero-order chi connectivity index (χ0) is 9.30. The van der Waals surface area contributed by atoms with Crippen molar-refractivity contribution in [2.75, 3.05) is 0 Å². The van der Waals surface area contributed by atoms with Crippen LogP contribution in [-0.2, 0) is 4.79 Å². The first-order chi connectivity index (χ1) is 5.52. The number of carboxylic acid groups (broad SMARTS) is 1. The second-order valence-electron chi connectivity index (χ2n) is 3.17. The molecule has 0 fully saturated rings. The van der Waals surface area contributed by atoms with Crippen LogP contribution >= 0.6 is 15.9 Å². The molecule has 3 nitrogen and oxygen atoms in total. The molecule has 0 heterocycles. The predicted octanol–water partition coefficient (Wildman–Crippen LogP) is 2.28. The Bertz CT molecular complexity index is 234. The molecule has 4 heteroatoms. The van der Waals surface area contributed by atoms with Crippen molar-refractivity contribution >= 4 is 21.9 Å². The van der Waals surface area contributed by atoms with E-state index >= 15 is 0 Å². The molecule has 2 N–H and O–H groups in total. The summed E-state index contributed by atoms with van der Waals surface area (Å²) in [6.07, 6.45) is 0.847. The molecule has 1 rings (SSSR count). The van der Waals surface area contributed by atoms with Crippen molar-refractivity contribution < 1.29 is 15.0 Å². The second kappa shape index (κ2) is 3.47. The summed E-state index contributed by atoms with van der Waals surface area (Å²) < 4.78 is 0.750. The molecule has 1 aliphatic rings. The number of aliphatic hydroxyl groups is 1. The summed E-state index contributed by atoms with van der Waals surface area (Å²) in [5, 5.41) is 18.0. The minimum atomic E-state index is -0.826. The molecule has 0 aliphatic heterocycles. The minimum absolute atomic E-state index is 0.111. The van der Waals surface area contributed by atoms with Gasteiger partial charge in [-0.2, -0.15) is 0 Å². The number of allylic oxidation sites excluding steroid dienone is 2. The van der Waals surface area contributed by atoms with Crippen molar-refractivity contribution in [3.05, 3.63) is 10.2 Å². The summed E-state index contributed by atoms with van der Waals surface area (Å²) in [6, 6.07) is 0. The molecule has 0 unspecified atom stereocenters. The maximum absolute atomic E-state index is 10.6. The number of hydrogen-bond acceptors (Lipinski definition) is 2. The van der Waals surface area contributed by atoms with Gasteiger partial charge in [0.05, 0.1) is 5.92 Å². The average molecular weight is 235 g/mol. The molecule has 0 saturated heterocycles. The second-order valence-corrected chi connectivity index (χ2v) is 4.03. The Balaban J connectivity index is 2.78. The third kappa shape index (κ3) is 1.80. The Kier molecular flexibility index (Phi) is 2.77. The van der Waals surface area contributed by atoms with Crippen LogP contribution in [0, 0.1) is 11.8 Å². The van der Waals surface area contributed by atoms with E-state index in [1.807, 2.05) is 6.92 Å². The van der Waals surface area contributed by atoms with Gasteiger partial charge in [-0.3, -0.25) is 4.79 Å². The molecule has 0 aromatic rings. The minimum Gasteiger partial charge on any atom is -0.511 e. The molecular weight excluding hydrogens is 224 g/mol. The number of carbonyl (C=O) groups is 1. The van der Waals surface area contributed by atoms with Crippen molar-refractivity contribution in [1.82, 2.24) is 0 Å². The van der Waals surface area contributed by atoms with Gasteiger partial charge in [0, 0.05) is 10.9 Å². The van der Waals surface area contributed by atoms with Crippen molar-refractivity contribution in [3.8, 4) is 0 Å². The Labute approximate surface area is 79.2 Å². The molecule has 12 heavy (non-hydrogen) atoms. The fourth-order valence-electron chi connectivity index (χ4n) is 1.42. The van der Waals surface area contributed by atoms with E-state index in [9.17, 15) is 9.90 Å². The molecule has 0 bridgehead atoms.